The fourth-order valence-electron chi connectivity index (χ4n) is 1.81. The van der Waals surface area contributed by atoms with Crippen molar-refractivity contribution in [2.24, 2.45) is 5.92 Å². The van der Waals surface area contributed by atoms with Gasteiger partial charge >= 0.3 is 0 Å². The molecule has 2 nitrogen and oxygen atoms in total. The summed E-state index contributed by atoms with van der Waals surface area (Å²) in [5.74, 6) is 0.782. The molecule has 0 aliphatic carbocycles. The van der Waals surface area contributed by atoms with E-state index in [0.717, 1.165) is 5.92 Å². The Bertz CT molecular complexity index is 187. The second kappa shape index (κ2) is 4.14. The second-order valence-electron chi connectivity index (χ2n) is 4.55. The molecular weight excluding hydrogens is 160 g/mol. The predicted molar refractivity (Wildman–Crippen MR) is 57.6 cm³/mol. The summed E-state index contributed by atoms with van der Waals surface area (Å²) in [5, 5.41) is 0. The van der Waals surface area contributed by atoms with Crippen LogP contribution in [0.2, 0.25) is 0 Å². The minimum atomic E-state index is 0.652. The van der Waals surface area contributed by atoms with Crippen LogP contribution >= 0.6 is 0 Å². The van der Waals surface area contributed by atoms with Crippen LogP contribution < -0.4 is 0 Å². The summed E-state index contributed by atoms with van der Waals surface area (Å²) in [6.07, 6.45) is 1.17. The maximum absolute atomic E-state index is 4.04. The SMILES string of the molecule is C=C1C[C@H](CN(C)C(C)C)CN1C. The summed E-state index contributed by atoms with van der Waals surface area (Å²) >= 11 is 0. The van der Waals surface area contributed by atoms with Gasteiger partial charge in [-0.1, -0.05) is 6.58 Å². The van der Waals surface area contributed by atoms with E-state index >= 15 is 0 Å². The van der Waals surface area contributed by atoms with Crippen LogP contribution in [0.4, 0.5) is 0 Å². The van der Waals surface area contributed by atoms with Gasteiger partial charge in [0.25, 0.3) is 0 Å². The van der Waals surface area contributed by atoms with Gasteiger partial charge < -0.3 is 9.80 Å². The van der Waals surface area contributed by atoms with Crippen LogP contribution in [0.15, 0.2) is 12.3 Å². The lowest BCUT2D eigenvalue weighted by molar-refractivity contribution is 0.230. The molecule has 76 valence electrons. The van der Waals surface area contributed by atoms with E-state index in [-0.39, 0.29) is 0 Å². The summed E-state index contributed by atoms with van der Waals surface area (Å²) in [4.78, 5) is 4.69. The summed E-state index contributed by atoms with van der Waals surface area (Å²) in [6.45, 7) is 10.9. The summed E-state index contributed by atoms with van der Waals surface area (Å²) < 4.78 is 0. The molecule has 0 radical (unpaired) electrons. The summed E-state index contributed by atoms with van der Waals surface area (Å²) in [5.41, 5.74) is 1.29. The molecule has 0 bridgehead atoms. The Balaban J connectivity index is 2.35. The van der Waals surface area contributed by atoms with Crippen molar-refractivity contribution in [2.45, 2.75) is 26.3 Å². The van der Waals surface area contributed by atoms with Crippen molar-refractivity contribution in [1.29, 1.82) is 0 Å². The van der Waals surface area contributed by atoms with Crippen LogP contribution in [-0.4, -0.2) is 43.0 Å². The van der Waals surface area contributed by atoms with E-state index in [2.05, 4.69) is 44.3 Å². The molecule has 13 heavy (non-hydrogen) atoms. The van der Waals surface area contributed by atoms with E-state index in [1.807, 2.05) is 0 Å². The molecule has 1 fully saturated rings. The van der Waals surface area contributed by atoms with Crippen molar-refractivity contribution in [3.63, 3.8) is 0 Å². The van der Waals surface area contributed by atoms with Crippen LogP contribution in [0.5, 0.6) is 0 Å². The summed E-state index contributed by atoms with van der Waals surface area (Å²) in [7, 11) is 4.34. The fraction of sp³-hybridized carbons (Fsp3) is 0.818. The molecule has 1 saturated heterocycles. The van der Waals surface area contributed by atoms with E-state index in [1.165, 1.54) is 25.2 Å². The third kappa shape index (κ3) is 2.73. The largest absolute Gasteiger partial charge is 0.378 e. The lowest BCUT2D eigenvalue weighted by Crippen LogP contribution is -2.32. The molecule has 0 amide bonds. The molecule has 0 saturated carbocycles. The Labute approximate surface area is 82.2 Å². The van der Waals surface area contributed by atoms with Gasteiger partial charge in [0, 0.05) is 31.9 Å². The minimum Gasteiger partial charge on any atom is -0.378 e. The van der Waals surface area contributed by atoms with Gasteiger partial charge in [0.1, 0.15) is 0 Å². The highest BCUT2D eigenvalue weighted by Gasteiger charge is 2.23. The van der Waals surface area contributed by atoms with Gasteiger partial charge in [-0.3, -0.25) is 0 Å². The Kier molecular flexibility index (Phi) is 3.37. The Morgan fingerprint density at radius 3 is 2.62 bits per heavy atom. The van der Waals surface area contributed by atoms with E-state index in [1.54, 1.807) is 0 Å². The monoisotopic (exact) mass is 182 g/mol. The molecule has 1 rings (SSSR count). The first-order valence-electron chi connectivity index (χ1n) is 5.10. The molecule has 2 heteroatoms. The number of likely N-dealkylation sites (tertiary alicyclic amines) is 1. The smallest absolute Gasteiger partial charge is 0.0215 e. The maximum Gasteiger partial charge on any atom is 0.0215 e. The topological polar surface area (TPSA) is 6.48 Å². The Hall–Kier alpha value is -0.500. The zero-order chi connectivity index (χ0) is 10.0. The van der Waals surface area contributed by atoms with Crippen LogP contribution in [-0.2, 0) is 0 Å². The normalized spacial score (nSPS) is 23.7. The first-order valence-corrected chi connectivity index (χ1v) is 5.10. The highest BCUT2D eigenvalue weighted by Crippen LogP contribution is 2.23. The molecule has 0 spiro atoms. The van der Waals surface area contributed by atoms with Gasteiger partial charge in [-0.2, -0.15) is 0 Å². The molecule has 1 aliphatic rings. The molecule has 1 atom stereocenters. The van der Waals surface area contributed by atoms with Gasteiger partial charge in [-0.25, -0.2) is 0 Å². The van der Waals surface area contributed by atoms with Crippen LogP contribution in [0.25, 0.3) is 0 Å². The fourth-order valence-corrected chi connectivity index (χ4v) is 1.81. The Morgan fingerprint density at radius 1 is 1.62 bits per heavy atom. The molecule has 0 aromatic rings. The standard InChI is InChI=1S/C11H22N2/c1-9(2)12(4)7-11-6-10(3)13(5)8-11/h9,11H,3,6-8H2,1-2,4-5H3/t11-/m1/s1. The number of hydrogen-bond acceptors (Lipinski definition) is 2. The molecule has 0 aromatic carbocycles. The van der Waals surface area contributed by atoms with Gasteiger partial charge in [-0.05, 0) is 33.2 Å². The second-order valence-corrected chi connectivity index (χ2v) is 4.55. The average molecular weight is 182 g/mol. The van der Waals surface area contributed by atoms with Crippen LogP contribution in [0.3, 0.4) is 0 Å². The third-order valence-corrected chi connectivity index (χ3v) is 3.02. The quantitative estimate of drug-likeness (QED) is 0.656. The van der Waals surface area contributed by atoms with Crippen molar-refractivity contribution in [2.75, 3.05) is 27.2 Å². The van der Waals surface area contributed by atoms with Gasteiger partial charge in [-0.15, -0.1) is 0 Å². The number of allylic oxidation sites excluding steroid dienone is 1. The first kappa shape index (κ1) is 10.6. The molecule has 0 aromatic heterocycles. The van der Waals surface area contributed by atoms with Crippen molar-refractivity contribution in [3.8, 4) is 0 Å². The number of nitrogens with zero attached hydrogens (tertiary/aromatic N) is 2. The van der Waals surface area contributed by atoms with Crippen molar-refractivity contribution < 1.29 is 0 Å². The maximum atomic E-state index is 4.04. The minimum absolute atomic E-state index is 0.652. The average Bonchev–Trinajstić information content (AvgIpc) is 2.31. The lowest BCUT2D eigenvalue weighted by Gasteiger charge is -2.24. The zero-order valence-corrected chi connectivity index (χ0v) is 9.38. The van der Waals surface area contributed by atoms with Gasteiger partial charge in [0.05, 0.1) is 0 Å². The van der Waals surface area contributed by atoms with E-state index in [4.69, 9.17) is 0 Å². The van der Waals surface area contributed by atoms with Crippen molar-refractivity contribution in [1.82, 2.24) is 9.80 Å². The Morgan fingerprint density at radius 2 is 2.23 bits per heavy atom. The van der Waals surface area contributed by atoms with Crippen molar-refractivity contribution >= 4 is 0 Å². The number of rotatable bonds is 3. The highest BCUT2D eigenvalue weighted by molar-refractivity contribution is 5.01. The van der Waals surface area contributed by atoms with E-state index in [9.17, 15) is 0 Å². The van der Waals surface area contributed by atoms with Crippen LogP contribution in [0, 0.1) is 5.92 Å². The molecule has 1 aliphatic heterocycles. The molecular formula is C11H22N2. The number of hydrogen-bond donors (Lipinski definition) is 0. The first-order chi connectivity index (χ1) is 6.00. The van der Waals surface area contributed by atoms with E-state index < -0.39 is 0 Å². The lowest BCUT2D eigenvalue weighted by atomic mass is 10.1. The zero-order valence-electron chi connectivity index (χ0n) is 9.38. The van der Waals surface area contributed by atoms with E-state index in [0.29, 0.717) is 6.04 Å². The molecule has 1 heterocycles. The van der Waals surface area contributed by atoms with Gasteiger partial charge in [0.2, 0.25) is 0 Å². The van der Waals surface area contributed by atoms with Crippen LogP contribution in [0.1, 0.15) is 20.3 Å². The molecule has 0 unspecified atom stereocenters. The third-order valence-electron chi connectivity index (χ3n) is 3.02. The molecule has 0 N–H and O–H groups in total. The summed E-state index contributed by atoms with van der Waals surface area (Å²) in [6, 6.07) is 0.652. The van der Waals surface area contributed by atoms with Crippen molar-refractivity contribution in [3.05, 3.63) is 12.3 Å². The predicted octanol–water partition coefficient (Wildman–Crippen LogP) is 1.79. The highest BCUT2D eigenvalue weighted by atomic mass is 15.2. The van der Waals surface area contributed by atoms with Gasteiger partial charge in [0.15, 0.2) is 0 Å².